The molecule has 1 fully saturated rings. The molecule has 1 aromatic rings. The van der Waals surface area contributed by atoms with E-state index in [1.165, 1.54) is 17.0 Å². The molecule has 5 heteroatoms. The van der Waals surface area contributed by atoms with Crippen molar-refractivity contribution >= 4 is 11.8 Å². The fraction of sp³-hybridized carbons (Fsp3) is 0.385. The van der Waals surface area contributed by atoms with Crippen molar-refractivity contribution in [1.29, 1.82) is 0 Å². The number of halogens is 1. The maximum Gasteiger partial charge on any atom is 0.320 e. The van der Waals surface area contributed by atoms with Crippen LogP contribution in [0.5, 0.6) is 0 Å². The number of benzene rings is 1. The molecule has 2 rings (SSSR count). The number of carbonyl (C=O) groups is 2. The Labute approximate surface area is 105 Å². The zero-order valence-corrected chi connectivity index (χ0v) is 10.2. The molecule has 0 bridgehead atoms. The van der Waals surface area contributed by atoms with Gasteiger partial charge in [-0.15, -0.1) is 0 Å². The van der Waals surface area contributed by atoms with Gasteiger partial charge in [-0.1, -0.05) is 12.1 Å². The van der Waals surface area contributed by atoms with Gasteiger partial charge in [-0.25, -0.2) is 9.18 Å². The number of likely N-dealkylation sites (N-methyl/N-ethyl adjacent to an activating group) is 1. The highest BCUT2D eigenvalue weighted by atomic mass is 19.1. The highest BCUT2D eigenvalue weighted by Crippen LogP contribution is 2.08. The third-order valence-corrected chi connectivity index (χ3v) is 2.98. The minimum absolute atomic E-state index is 0.0368. The van der Waals surface area contributed by atoms with Crippen LogP contribution >= 0.6 is 0 Å². The Morgan fingerprint density at radius 1 is 1.28 bits per heavy atom. The molecule has 0 saturated carbocycles. The van der Waals surface area contributed by atoms with E-state index in [4.69, 9.17) is 0 Å². The van der Waals surface area contributed by atoms with Gasteiger partial charge in [0.1, 0.15) is 5.82 Å². The van der Waals surface area contributed by atoms with Gasteiger partial charge in [-0.3, -0.25) is 4.79 Å². The number of rotatable bonds is 4. The topological polar surface area (TPSA) is 40.6 Å². The van der Waals surface area contributed by atoms with E-state index in [-0.39, 0.29) is 30.6 Å². The number of amides is 2. The fourth-order valence-electron chi connectivity index (χ4n) is 1.95. The van der Waals surface area contributed by atoms with Gasteiger partial charge in [0, 0.05) is 26.6 Å². The molecule has 0 radical (unpaired) electrons. The van der Waals surface area contributed by atoms with E-state index in [0.717, 1.165) is 5.56 Å². The molecule has 0 unspecified atom stereocenters. The van der Waals surface area contributed by atoms with Crippen LogP contribution in [0, 0.1) is 5.82 Å². The Bertz CT molecular complexity index is 459. The van der Waals surface area contributed by atoms with Crippen LogP contribution in [-0.4, -0.2) is 48.3 Å². The van der Waals surface area contributed by atoms with Crippen LogP contribution in [0.15, 0.2) is 24.3 Å². The maximum absolute atomic E-state index is 12.7. The third kappa shape index (κ3) is 2.85. The molecule has 96 valence electrons. The second-order valence-electron chi connectivity index (χ2n) is 4.47. The number of Topliss-reactive ketones (excluding diaryl/α,β-unsaturated/α-hetero) is 1. The molecule has 0 aliphatic carbocycles. The molecule has 1 aliphatic rings. The third-order valence-electron chi connectivity index (χ3n) is 2.98. The predicted molar refractivity (Wildman–Crippen MR) is 64.7 cm³/mol. The molecule has 1 saturated heterocycles. The lowest BCUT2D eigenvalue weighted by Gasteiger charge is -2.14. The minimum atomic E-state index is -0.317. The van der Waals surface area contributed by atoms with Crippen LogP contribution in [0.25, 0.3) is 0 Å². The molecule has 4 nitrogen and oxygen atoms in total. The van der Waals surface area contributed by atoms with E-state index < -0.39 is 0 Å². The van der Waals surface area contributed by atoms with E-state index in [1.54, 1.807) is 24.1 Å². The summed E-state index contributed by atoms with van der Waals surface area (Å²) in [5.41, 5.74) is 0.765. The summed E-state index contributed by atoms with van der Waals surface area (Å²) in [6, 6.07) is 5.73. The van der Waals surface area contributed by atoms with Crippen molar-refractivity contribution in [1.82, 2.24) is 9.80 Å². The van der Waals surface area contributed by atoms with Crippen molar-refractivity contribution < 1.29 is 14.0 Å². The molecule has 0 aromatic heterocycles. The van der Waals surface area contributed by atoms with Crippen LogP contribution in [-0.2, 0) is 11.2 Å². The van der Waals surface area contributed by atoms with Crippen LogP contribution in [0.3, 0.4) is 0 Å². The Kier molecular flexibility index (Phi) is 3.60. The Balaban J connectivity index is 1.89. The first kappa shape index (κ1) is 12.5. The molecule has 0 atom stereocenters. The van der Waals surface area contributed by atoms with Crippen LogP contribution in [0.2, 0.25) is 0 Å². The lowest BCUT2D eigenvalue weighted by atomic mass is 10.1. The lowest BCUT2D eigenvalue weighted by Crippen LogP contribution is -2.34. The molecular weight excluding hydrogens is 235 g/mol. The summed E-state index contributed by atoms with van der Waals surface area (Å²) in [5, 5.41) is 0. The number of nitrogens with zero attached hydrogens (tertiary/aromatic N) is 2. The Morgan fingerprint density at radius 2 is 1.94 bits per heavy atom. The van der Waals surface area contributed by atoms with Crippen molar-refractivity contribution in [3.8, 4) is 0 Å². The summed E-state index contributed by atoms with van der Waals surface area (Å²) >= 11 is 0. The second-order valence-corrected chi connectivity index (χ2v) is 4.47. The molecular formula is C13H15FN2O2. The highest BCUT2D eigenvalue weighted by molar-refractivity contribution is 5.87. The van der Waals surface area contributed by atoms with Crippen molar-refractivity contribution in [2.45, 2.75) is 6.42 Å². The molecule has 1 aromatic carbocycles. The SMILES string of the molecule is CN1CCN(CC(=O)Cc2ccc(F)cc2)C1=O. The fourth-order valence-corrected chi connectivity index (χ4v) is 1.95. The van der Waals surface area contributed by atoms with Gasteiger partial charge in [-0.2, -0.15) is 0 Å². The van der Waals surface area contributed by atoms with Gasteiger partial charge in [0.05, 0.1) is 6.54 Å². The lowest BCUT2D eigenvalue weighted by molar-refractivity contribution is -0.118. The van der Waals surface area contributed by atoms with Crippen molar-refractivity contribution in [3.63, 3.8) is 0 Å². The number of hydrogen-bond donors (Lipinski definition) is 0. The Hall–Kier alpha value is -1.91. The average molecular weight is 250 g/mol. The van der Waals surface area contributed by atoms with Crippen molar-refractivity contribution in [3.05, 3.63) is 35.6 Å². The summed E-state index contributed by atoms with van der Waals surface area (Å²) in [6.07, 6.45) is 0.230. The van der Waals surface area contributed by atoms with E-state index >= 15 is 0 Å². The molecule has 0 N–H and O–H groups in total. The minimum Gasteiger partial charge on any atom is -0.326 e. The molecule has 1 aliphatic heterocycles. The normalized spacial score (nSPS) is 15.3. The number of carbonyl (C=O) groups excluding carboxylic acids is 2. The molecule has 2 amide bonds. The van der Waals surface area contributed by atoms with Gasteiger partial charge < -0.3 is 9.80 Å². The van der Waals surface area contributed by atoms with Crippen LogP contribution in [0.4, 0.5) is 9.18 Å². The summed E-state index contributed by atoms with van der Waals surface area (Å²) < 4.78 is 12.7. The first-order valence-corrected chi connectivity index (χ1v) is 5.82. The standard InChI is InChI=1S/C13H15FN2O2/c1-15-6-7-16(13(15)18)9-12(17)8-10-2-4-11(14)5-3-10/h2-5H,6-9H2,1H3. The molecule has 1 heterocycles. The summed E-state index contributed by atoms with van der Waals surface area (Å²) in [7, 11) is 1.72. The monoisotopic (exact) mass is 250 g/mol. The first-order chi connectivity index (χ1) is 8.56. The van der Waals surface area contributed by atoms with E-state index in [1.807, 2.05) is 0 Å². The van der Waals surface area contributed by atoms with Gasteiger partial charge in [0.2, 0.25) is 0 Å². The van der Waals surface area contributed by atoms with Crippen LogP contribution < -0.4 is 0 Å². The average Bonchev–Trinajstić information content (AvgIpc) is 2.64. The van der Waals surface area contributed by atoms with E-state index in [0.29, 0.717) is 13.1 Å². The zero-order valence-electron chi connectivity index (χ0n) is 10.2. The second kappa shape index (κ2) is 5.16. The number of urea groups is 1. The number of ketones is 1. The van der Waals surface area contributed by atoms with Crippen molar-refractivity contribution in [2.75, 3.05) is 26.7 Å². The first-order valence-electron chi connectivity index (χ1n) is 5.82. The van der Waals surface area contributed by atoms with Gasteiger partial charge in [0.15, 0.2) is 5.78 Å². The highest BCUT2D eigenvalue weighted by Gasteiger charge is 2.26. The summed E-state index contributed by atoms with van der Waals surface area (Å²) in [4.78, 5) is 26.5. The quantitative estimate of drug-likeness (QED) is 0.808. The molecule has 18 heavy (non-hydrogen) atoms. The van der Waals surface area contributed by atoms with E-state index in [2.05, 4.69) is 0 Å². The largest absolute Gasteiger partial charge is 0.326 e. The Morgan fingerprint density at radius 3 is 2.50 bits per heavy atom. The predicted octanol–water partition coefficient (Wildman–Crippen LogP) is 1.30. The smallest absolute Gasteiger partial charge is 0.320 e. The number of hydrogen-bond acceptors (Lipinski definition) is 2. The van der Waals surface area contributed by atoms with Gasteiger partial charge >= 0.3 is 6.03 Å². The van der Waals surface area contributed by atoms with Gasteiger partial charge in [0.25, 0.3) is 0 Å². The maximum atomic E-state index is 12.7. The molecule has 0 spiro atoms. The summed E-state index contributed by atoms with van der Waals surface area (Å²) in [5.74, 6) is -0.354. The van der Waals surface area contributed by atoms with Gasteiger partial charge in [-0.05, 0) is 17.7 Å². The van der Waals surface area contributed by atoms with Crippen molar-refractivity contribution in [2.24, 2.45) is 0 Å². The zero-order chi connectivity index (χ0) is 13.1. The summed E-state index contributed by atoms with van der Waals surface area (Å²) in [6.45, 7) is 1.37. The van der Waals surface area contributed by atoms with Crippen LogP contribution in [0.1, 0.15) is 5.56 Å². The van der Waals surface area contributed by atoms with E-state index in [9.17, 15) is 14.0 Å².